The highest BCUT2D eigenvalue weighted by Crippen LogP contribution is 2.20. The van der Waals surface area contributed by atoms with Crippen molar-refractivity contribution in [1.82, 2.24) is 9.71 Å². The summed E-state index contributed by atoms with van der Waals surface area (Å²) >= 11 is 4.75. The fourth-order valence-corrected chi connectivity index (χ4v) is 3.74. The summed E-state index contributed by atoms with van der Waals surface area (Å²) in [7, 11) is -3.49. The van der Waals surface area contributed by atoms with Crippen LogP contribution in [0.1, 0.15) is 11.3 Å². The molecule has 18 heavy (non-hydrogen) atoms. The molecule has 1 aromatic carbocycles. The van der Waals surface area contributed by atoms with Crippen LogP contribution in [0.2, 0.25) is 0 Å². The molecule has 0 atom stereocenters. The SMILES string of the molecule is Cc1cc(Br)ccc1S(=O)(=O)NCc1cscn1. The third-order valence-corrected chi connectivity index (χ3v) is 5.04. The molecule has 4 nitrogen and oxygen atoms in total. The quantitative estimate of drug-likeness (QED) is 0.925. The Hall–Kier alpha value is -0.760. The summed E-state index contributed by atoms with van der Waals surface area (Å²) in [6.45, 7) is 1.98. The van der Waals surface area contributed by atoms with Gasteiger partial charge in [-0.1, -0.05) is 15.9 Å². The summed E-state index contributed by atoms with van der Waals surface area (Å²) < 4.78 is 27.6. The zero-order valence-electron chi connectivity index (χ0n) is 9.55. The van der Waals surface area contributed by atoms with E-state index in [0.29, 0.717) is 10.5 Å². The molecule has 0 aliphatic carbocycles. The standard InChI is InChI=1S/C11H11BrN2O2S2/c1-8-4-9(12)2-3-11(8)18(15,16)14-5-10-6-17-7-13-10/h2-4,6-7,14H,5H2,1H3. The molecule has 0 saturated heterocycles. The molecule has 0 bridgehead atoms. The normalized spacial score (nSPS) is 11.7. The van der Waals surface area contributed by atoms with Gasteiger partial charge in [0.05, 0.1) is 22.6 Å². The molecule has 1 heterocycles. The molecule has 1 aromatic heterocycles. The van der Waals surface area contributed by atoms with Crippen LogP contribution in [0, 0.1) is 6.92 Å². The van der Waals surface area contributed by atoms with Crippen molar-refractivity contribution in [2.45, 2.75) is 18.4 Å². The number of benzene rings is 1. The number of hydrogen-bond donors (Lipinski definition) is 1. The van der Waals surface area contributed by atoms with Crippen molar-refractivity contribution in [2.75, 3.05) is 0 Å². The molecule has 2 aromatic rings. The topological polar surface area (TPSA) is 59.1 Å². The predicted octanol–water partition coefficient (Wildman–Crippen LogP) is 2.69. The van der Waals surface area contributed by atoms with Gasteiger partial charge in [0.15, 0.2) is 0 Å². The monoisotopic (exact) mass is 346 g/mol. The number of halogens is 1. The maximum absolute atomic E-state index is 12.1. The number of sulfonamides is 1. The van der Waals surface area contributed by atoms with Crippen LogP contribution in [0.3, 0.4) is 0 Å². The van der Waals surface area contributed by atoms with E-state index in [2.05, 4.69) is 25.6 Å². The fourth-order valence-electron chi connectivity index (χ4n) is 1.49. The van der Waals surface area contributed by atoms with E-state index in [9.17, 15) is 8.42 Å². The Balaban J connectivity index is 2.20. The lowest BCUT2D eigenvalue weighted by Crippen LogP contribution is -2.24. The molecule has 0 saturated carbocycles. The van der Waals surface area contributed by atoms with Crippen LogP contribution in [0.25, 0.3) is 0 Å². The van der Waals surface area contributed by atoms with Gasteiger partial charge in [0, 0.05) is 9.85 Å². The van der Waals surface area contributed by atoms with Gasteiger partial charge >= 0.3 is 0 Å². The zero-order valence-corrected chi connectivity index (χ0v) is 12.8. The molecule has 96 valence electrons. The van der Waals surface area contributed by atoms with Gasteiger partial charge in [-0.15, -0.1) is 11.3 Å². The van der Waals surface area contributed by atoms with Gasteiger partial charge < -0.3 is 0 Å². The number of aryl methyl sites for hydroxylation is 1. The molecule has 1 N–H and O–H groups in total. The third kappa shape index (κ3) is 3.17. The van der Waals surface area contributed by atoms with Gasteiger partial charge in [-0.05, 0) is 30.7 Å². The summed E-state index contributed by atoms with van der Waals surface area (Å²) in [6, 6.07) is 5.07. The largest absolute Gasteiger partial charge is 0.248 e. The number of thiazole rings is 1. The maximum atomic E-state index is 12.1. The van der Waals surface area contributed by atoms with Gasteiger partial charge in [-0.3, -0.25) is 0 Å². The van der Waals surface area contributed by atoms with E-state index in [1.807, 2.05) is 5.38 Å². The molecule has 2 rings (SSSR count). The van der Waals surface area contributed by atoms with E-state index in [4.69, 9.17) is 0 Å². The highest BCUT2D eigenvalue weighted by atomic mass is 79.9. The number of aromatic nitrogens is 1. The van der Waals surface area contributed by atoms with Crippen LogP contribution in [0.5, 0.6) is 0 Å². The Kier molecular flexibility index (Phi) is 4.16. The maximum Gasteiger partial charge on any atom is 0.241 e. The summed E-state index contributed by atoms with van der Waals surface area (Å²) in [5, 5.41) is 1.82. The highest BCUT2D eigenvalue weighted by molar-refractivity contribution is 9.10. The van der Waals surface area contributed by atoms with Crippen molar-refractivity contribution in [3.63, 3.8) is 0 Å². The highest BCUT2D eigenvalue weighted by Gasteiger charge is 2.16. The van der Waals surface area contributed by atoms with Crippen molar-refractivity contribution >= 4 is 37.3 Å². The van der Waals surface area contributed by atoms with E-state index < -0.39 is 10.0 Å². The van der Waals surface area contributed by atoms with Crippen molar-refractivity contribution in [1.29, 1.82) is 0 Å². The number of nitrogens with one attached hydrogen (secondary N) is 1. The van der Waals surface area contributed by atoms with Crippen LogP contribution in [0.4, 0.5) is 0 Å². The molecule has 0 aliphatic rings. The Morgan fingerprint density at radius 2 is 2.22 bits per heavy atom. The van der Waals surface area contributed by atoms with Gasteiger partial charge in [-0.25, -0.2) is 18.1 Å². The van der Waals surface area contributed by atoms with Gasteiger partial charge in [-0.2, -0.15) is 0 Å². The summed E-state index contributed by atoms with van der Waals surface area (Å²) in [4.78, 5) is 4.33. The van der Waals surface area contributed by atoms with Crippen molar-refractivity contribution in [2.24, 2.45) is 0 Å². The minimum absolute atomic E-state index is 0.210. The smallest absolute Gasteiger partial charge is 0.241 e. The lowest BCUT2D eigenvalue weighted by atomic mass is 10.2. The van der Waals surface area contributed by atoms with Gasteiger partial charge in [0.2, 0.25) is 10.0 Å². The Bertz CT molecular complexity index is 639. The summed E-state index contributed by atoms with van der Waals surface area (Å²) in [6.07, 6.45) is 0. The number of nitrogens with zero attached hydrogens (tertiary/aromatic N) is 1. The van der Waals surface area contributed by atoms with Crippen LogP contribution in [-0.2, 0) is 16.6 Å². The Morgan fingerprint density at radius 1 is 1.44 bits per heavy atom. The van der Waals surface area contributed by atoms with E-state index in [1.165, 1.54) is 11.3 Å². The predicted molar refractivity (Wildman–Crippen MR) is 75.0 cm³/mol. The van der Waals surface area contributed by atoms with Crippen LogP contribution in [-0.4, -0.2) is 13.4 Å². The van der Waals surface area contributed by atoms with E-state index >= 15 is 0 Å². The second kappa shape index (κ2) is 5.48. The van der Waals surface area contributed by atoms with Crippen molar-refractivity contribution in [3.8, 4) is 0 Å². The van der Waals surface area contributed by atoms with E-state index in [-0.39, 0.29) is 6.54 Å². The van der Waals surface area contributed by atoms with Gasteiger partial charge in [0.25, 0.3) is 0 Å². The zero-order chi connectivity index (χ0) is 13.2. The van der Waals surface area contributed by atoms with Crippen LogP contribution < -0.4 is 4.72 Å². The minimum Gasteiger partial charge on any atom is -0.248 e. The minimum atomic E-state index is -3.49. The molecule has 0 aliphatic heterocycles. The van der Waals surface area contributed by atoms with E-state index in [1.54, 1.807) is 30.6 Å². The molecule has 0 spiro atoms. The summed E-state index contributed by atoms with van der Waals surface area (Å²) in [5.74, 6) is 0. The first kappa shape index (κ1) is 13.7. The Labute approximate surface area is 118 Å². The average molecular weight is 347 g/mol. The van der Waals surface area contributed by atoms with Gasteiger partial charge in [0.1, 0.15) is 0 Å². The number of hydrogen-bond acceptors (Lipinski definition) is 4. The first-order valence-electron chi connectivity index (χ1n) is 5.12. The second-order valence-corrected chi connectivity index (χ2v) is 7.08. The Morgan fingerprint density at radius 3 is 2.83 bits per heavy atom. The van der Waals surface area contributed by atoms with Crippen molar-refractivity contribution < 1.29 is 8.42 Å². The lowest BCUT2D eigenvalue weighted by Gasteiger charge is -2.08. The molecule has 7 heteroatoms. The van der Waals surface area contributed by atoms with Crippen molar-refractivity contribution in [3.05, 3.63) is 44.8 Å². The molecule has 0 amide bonds. The molecule has 0 fully saturated rings. The molecule has 0 unspecified atom stereocenters. The van der Waals surface area contributed by atoms with Crippen LogP contribution in [0.15, 0.2) is 38.5 Å². The second-order valence-electron chi connectivity index (χ2n) is 3.71. The molecular formula is C11H11BrN2O2S2. The average Bonchev–Trinajstić information content (AvgIpc) is 2.78. The number of rotatable bonds is 4. The molecule has 0 radical (unpaired) electrons. The fraction of sp³-hybridized carbons (Fsp3) is 0.182. The first-order valence-corrected chi connectivity index (χ1v) is 8.34. The van der Waals surface area contributed by atoms with E-state index in [0.717, 1.165) is 10.2 Å². The first-order chi connectivity index (χ1) is 8.49. The molecular weight excluding hydrogens is 336 g/mol. The summed E-state index contributed by atoms with van der Waals surface area (Å²) in [5.41, 5.74) is 3.10. The lowest BCUT2D eigenvalue weighted by molar-refractivity contribution is 0.580. The van der Waals surface area contributed by atoms with Crippen LogP contribution >= 0.6 is 27.3 Å². The third-order valence-electron chi connectivity index (χ3n) is 2.35.